The maximum atomic E-state index is 5.46. The highest BCUT2D eigenvalue weighted by Gasteiger charge is 2.22. The van der Waals surface area contributed by atoms with Gasteiger partial charge in [0, 0.05) is 11.2 Å². The minimum atomic E-state index is 0.526. The maximum Gasteiger partial charge on any atom is 0.0551 e. The van der Waals surface area contributed by atoms with Gasteiger partial charge in [0.15, 0.2) is 0 Å². The van der Waals surface area contributed by atoms with Gasteiger partial charge in [-0.25, -0.2) is 0 Å². The zero-order chi connectivity index (χ0) is 12.6. The summed E-state index contributed by atoms with van der Waals surface area (Å²) in [5, 5.41) is 0.967. The molecule has 2 heteroatoms. The lowest BCUT2D eigenvalue weighted by atomic mass is 9.83. The van der Waals surface area contributed by atoms with Crippen molar-refractivity contribution in [3.05, 3.63) is 0 Å². The Balaban J connectivity index is 1.68. The summed E-state index contributed by atoms with van der Waals surface area (Å²) in [5.74, 6) is 9.36. The maximum absolute atomic E-state index is 5.46. The second-order valence-corrected chi connectivity index (χ2v) is 7.18. The van der Waals surface area contributed by atoms with Crippen molar-refractivity contribution in [2.24, 2.45) is 17.6 Å². The molecule has 0 aromatic carbocycles. The van der Waals surface area contributed by atoms with Crippen molar-refractivity contribution in [3.8, 4) is 11.8 Å². The normalized spacial score (nSPS) is 29.6. The molecule has 0 aromatic rings. The molecular weight excluding hydrogens is 238 g/mol. The van der Waals surface area contributed by atoms with Gasteiger partial charge in [0.05, 0.1) is 6.54 Å². The molecule has 2 rings (SSSR count). The van der Waals surface area contributed by atoms with Crippen LogP contribution < -0.4 is 5.73 Å². The van der Waals surface area contributed by atoms with Crippen molar-refractivity contribution in [2.75, 3.05) is 12.3 Å². The van der Waals surface area contributed by atoms with Gasteiger partial charge in [-0.05, 0) is 43.8 Å². The summed E-state index contributed by atoms with van der Waals surface area (Å²) in [7, 11) is 0. The summed E-state index contributed by atoms with van der Waals surface area (Å²) in [6.45, 7) is 0.526. The first-order chi connectivity index (χ1) is 8.88. The minimum absolute atomic E-state index is 0.526. The molecule has 2 atom stereocenters. The SMILES string of the molecule is NCC#CC1CCCC(CSC2CCCCC2)C1. The number of hydrogen-bond acceptors (Lipinski definition) is 2. The molecule has 2 saturated carbocycles. The van der Waals surface area contributed by atoms with Crippen LogP contribution in [0.1, 0.15) is 57.8 Å². The fourth-order valence-corrected chi connectivity index (χ4v) is 4.79. The van der Waals surface area contributed by atoms with Crippen molar-refractivity contribution in [1.82, 2.24) is 0 Å². The quantitative estimate of drug-likeness (QED) is 0.785. The van der Waals surface area contributed by atoms with Gasteiger partial charge in [-0.1, -0.05) is 37.5 Å². The molecule has 0 aromatic heterocycles. The Morgan fingerprint density at radius 1 is 1.00 bits per heavy atom. The molecular formula is C16H27NS. The molecule has 2 aliphatic carbocycles. The highest BCUT2D eigenvalue weighted by molar-refractivity contribution is 7.99. The number of thioether (sulfide) groups is 1. The van der Waals surface area contributed by atoms with Crippen LogP contribution in [0.3, 0.4) is 0 Å². The van der Waals surface area contributed by atoms with Crippen LogP contribution in [0, 0.1) is 23.7 Å². The van der Waals surface area contributed by atoms with E-state index in [0.717, 1.165) is 11.2 Å². The Kier molecular flexibility index (Phi) is 6.45. The van der Waals surface area contributed by atoms with E-state index in [1.165, 1.54) is 63.5 Å². The molecule has 0 bridgehead atoms. The van der Waals surface area contributed by atoms with Crippen molar-refractivity contribution >= 4 is 11.8 Å². The van der Waals surface area contributed by atoms with Gasteiger partial charge in [-0.3, -0.25) is 0 Å². The molecule has 102 valence electrons. The summed E-state index contributed by atoms with van der Waals surface area (Å²) in [6, 6.07) is 0. The fourth-order valence-electron chi connectivity index (χ4n) is 3.28. The van der Waals surface area contributed by atoms with E-state index >= 15 is 0 Å². The Hall–Kier alpha value is -0.130. The van der Waals surface area contributed by atoms with Crippen molar-refractivity contribution < 1.29 is 0 Å². The van der Waals surface area contributed by atoms with Gasteiger partial charge in [0.2, 0.25) is 0 Å². The zero-order valence-corrected chi connectivity index (χ0v) is 12.3. The molecule has 2 aliphatic rings. The lowest BCUT2D eigenvalue weighted by molar-refractivity contribution is 0.337. The standard InChI is InChI=1S/C16H27NS/c17-11-5-8-14-6-4-7-15(12-14)13-18-16-9-2-1-3-10-16/h14-16H,1-4,6-7,9-13,17H2. The Morgan fingerprint density at radius 3 is 2.61 bits per heavy atom. The summed E-state index contributed by atoms with van der Waals surface area (Å²) < 4.78 is 0. The molecule has 0 aliphatic heterocycles. The van der Waals surface area contributed by atoms with Gasteiger partial charge >= 0.3 is 0 Å². The average Bonchev–Trinajstić information content (AvgIpc) is 2.44. The van der Waals surface area contributed by atoms with E-state index in [1.54, 1.807) is 0 Å². The number of rotatable bonds is 3. The molecule has 1 nitrogen and oxygen atoms in total. The first-order valence-corrected chi connectivity index (χ1v) is 8.73. The smallest absolute Gasteiger partial charge is 0.0551 e. The van der Waals surface area contributed by atoms with E-state index < -0.39 is 0 Å². The third-order valence-electron chi connectivity index (χ3n) is 4.31. The van der Waals surface area contributed by atoms with Crippen LogP contribution in [0.15, 0.2) is 0 Å². The van der Waals surface area contributed by atoms with Gasteiger partial charge in [-0.2, -0.15) is 11.8 Å². The van der Waals surface area contributed by atoms with Crippen LogP contribution in [0.25, 0.3) is 0 Å². The lowest BCUT2D eigenvalue weighted by Gasteiger charge is -2.28. The predicted molar refractivity (Wildman–Crippen MR) is 81.6 cm³/mol. The summed E-state index contributed by atoms with van der Waals surface area (Å²) in [5.41, 5.74) is 5.46. The average molecular weight is 265 g/mol. The molecule has 2 fully saturated rings. The van der Waals surface area contributed by atoms with E-state index in [9.17, 15) is 0 Å². The van der Waals surface area contributed by atoms with Crippen LogP contribution in [-0.4, -0.2) is 17.5 Å². The lowest BCUT2D eigenvalue weighted by Crippen LogP contribution is -2.18. The first-order valence-electron chi connectivity index (χ1n) is 7.68. The third-order valence-corrected chi connectivity index (χ3v) is 5.92. The van der Waals surface area contributed by atoms with Crippen LogP contribution in [0.4, 0.5) is 0 Å². The van der Waals surface area contributed by atoms with E-state index in [2.05, 4.69) is 23.6 Å². The highest BCUT2D eigenvalue weighted by Crippen LogP contribution is 2.35. The van der Waals surface area contributed by atoms with Crippen LogP contribution >= 0.6 is 11.8 Å². The molecule has 0 amide bonds. The van der Waals surface area contributed by atoms with Gasteiger partial charge in [0.25, 0.3) is 0 Å². The third kappa shape index (κ3) is 4.86. The minimum Gasteiger partial charge on any atom is -0.320 e. The molecule has 0 radical (unpaired) electrons. The van der Waals surface area contributed by atoms with E-state index in [4.69, 9.17) is 5.73 Å². The van der Waals surface area contributed by atoms with Gasteiger partial charge in [0.1, 0.15) is 0 Å². The molecule has 2 unspecified atom stereocenters. The topological polar surface area (TPSA) is 26.0 Å². The zero-order valence-electron chi connectivity index (χ0n) is 11.5. The molecule has 18 heavy (non-hydrogen) atoms. The Labute approximate surface area is 117 Å². The summed E-state index contributed by atoms with van der Waals surface area (Å²) in [4.78, 5) is 0. The molecule has 0 spiro atoms. The largest absolute Gasteiger partial charge is 0.320 e. The highest BCUT2D eigenvalue weighted by atomic mass is 32.2. The molecule has 0 saturated heterocycles. The summed E-state index contributed by atoms with van der Waals surface area (Å²) in [6.07, 6.45) is 12.8. The first kappa shape index (κ1) is 14.3. The van der Waals surface area contributed by atoms with Crippen LogP contribution in [-0.2, 0) is 0 Å². The fraction of sp³-hybridized carbons (Fsp3) is 0.875. The van der Waals surface area contributed by atoms with Crippen LogP contribution in [0.2, 0.25) is 0 Å². The number of nitrogens with two attached hydrogens (primary N) is 1. The van der Waals surface area contributed by atoms with E-state index in [0.29, 0.717) is 12.5 Å². The van der Waals surface area contributed by atoms with Gasteiger partial charge < -0.3 is 5.73 Å². The summed E-state index contributed by atoms with van der Waals surface area (Å²) >= 11 is 2.26. The van der Waals surface area contributed by atoms with E-state index in [-0.39, 0.29) is 0 Å². The molecule has 2 N–H and O–H groups in total. The van der Waals surface area contributed by atoms with Crippen LogP contribution in [0.5, 0.6) is 0 Å². The monoisotopic (exact) mass is 265 g/mol. The van der Waals surface area contributed by atoms with Crippen molar-refractivity contribution in [2.45, 2.75) is 63.0 Å². The second-order valence-electron chi connectivity index (χ2n) is 5.85. The number of hydrogen-bond donors (Lipinski definition) is 1. The van der Waals surface area contributed by atoms with Crippen molar-refractivity contribution in [1.29, 1.82) is 0 Å². The van der Waals surface area contributed by atoms with E-state index in [1.807, 2.05) is 0 Å². The molecule has 0 heterocycles. The van der Waals surface area contributed by atoms with Gasteiger partial charge in [-0.15, -0.1) is 0 Å². The second kappa shape index (κ2) is 8.12. The predicted octanol–water partition coefficient (Wildman–Crippen LogP) is 3.82. The Morgan fingerprint density at radius 2 is 1.83 bits per heavy atom. The Bertz CT molecular complexity index is 285. The van der Waals surface area contributed by atoms with Crippen molar-refractivity contribution in [3.63, 3.8) is 0 Å².